The zero-order chi connectivity index (χ0) is 24.7. The van der Waals surface area contributed by atoms with Crippen molar-refractivity contribution in [2.24, 2.45) is 5.92 Å². The molecule has 178 valence electrons. The van der Waals surface area contributed by atoms with Gasteiger partial charge < -0.3 is 10.6 Å². The molecule has 0 radical (unpaired) electrons. The Morgan fingerprint density at radius 2 is 1.83 bits per heavy atom. The number of nitrogens with one attached hydrogen (secondary N) is 2. The van der Waals surface area contributed by atoms with Crippen molar-refractivity contribution in [3.05, 3.63) is 87.9 Å². The Balaban J connectivity index is 1.25. The van der Waals surface area contributed by atoms with Crippen LogP contribution in [0.25, 0.3) is 10.2 Å². The second kappa shape index (κ2) is 9.44. The topological polar surface area (TPSA) is 71.1 Å². The monoisotopic (exact) mass is 503 g/mol. The zero-order valence-corrected chi connectivity index (χ0v) is 21.3. The SMILES string of the molecule is Cc1cccc(Cl)c1NC(=O)c1ccc2nc(NC(=O)C3CC3c3ccc(C(C)C)cc3)sc2c1. The van der Waals surface area contributed by atoms with Crippen molar-refractivity contribution in [2.75, 3.05) is 10.6 Å². The summed E-state index contributed by atoms with van der Waals surface area (Å²) in [5, 5.41) is 6.92. The molecule has 1 fully saturated rings. The third-order valence-corrected chi connectivity index (χ3v) is 7.75. The van der Waals surface area contributed by atoms with Gasteiger partial charge >= 0.3 is 0 Å². The van der Waals surface area contributed by atoms with Crippen LogP contribution in [0.1, 0.15) is 59.2 Å². The van der Waals surface area contributed by atoms with Crippen LogP contribution in [-0.2, 0) is 4.79 Å². The van der Waals surface area contributed by atoms with Gasteiger partial charge in [0.05, 0.1) is 20.9 Å². The van der Waals surface area contributed by atoms with Gasteiger partial charge in [-0.25, -0.2) is 4.98 Å². The summed E-state index contributed by atoms with van der Waals surface area (Å²) in [5.74, 6) is 0.468. The summed E-state index contributed by atoms with van der Waals surface area (Å²) in [6, 6.07) is 19.4. The van der Waals surface area contributed by atoms with Gasteiger partial charge in [0, 0.05) is 11.5 Å². The van der Waals surface area contributed by atoms with Crippen LogP contribution >= 0.6 is 22.9 Å². The van der Waals surface area contributed by atoms with Crippen LogP contribution in [0, 0.1) is 12.8 Å². The molecule has 5 nitrogen and oxygen atoms in total. The molecule has 1 heterocycles. The molecule has 0 spiro atoms. The standard InChI is InChI=1S/C28H26ClN3O2S/c1-15(2)17-7-9-18(10-8-17)20-14-21(20)27(34)32-28-30-23-12-11-19(13-24(23)35-28)26(33)31-25-16(3)5-4-6-22(25)29/h4-13,15,20-21H,14H2,1-3H3,(H,31,33)(H,30,32,34). The maximum Gasteiger partial charge on any atom is 0.255 e. The average molecular weight is 504 g/mol. The van der Waals surface area contributed by atoms with E-state index in [0.29, 0.717) is 27.3 Å². The molecule has 4 aromatic rings. The number of anilines is 2. The van der Waals surface area contributed by atoms with Crippen molar-refractivity contribution < 1.29 is 9.59 Å². The van der Waals surface area contributed by atoms with Gasteiger partial charge in [-0.3, -0.25) is 9.59 Å². The fraction of sp³-hybridized carbons (Fsp3) is 0.250. The van der Waals surface area contributed by atoms with Crippen LogP contribution in [0.15, 0.2) is 60.7 Å². The fourth-order valence-corrected chi connectivity index (χ4v) is 5.45. The van der Waals surface area contributed by atoms with Gasteiger partial charge in [-0.05, 0) is 66.1 Å². The Morgan fingerprint density at radius 3 is 2.54 bits per heavy atom. The lowest BCUT2D eigenvalue weighted by Crippen LogP contribution is -2.14. The molecule has 2 atom stereocenters. The lowest BCUT2D eigenvalue weighted by Gasteiger charge is -2.10. The number of carbonyl (C=O) groups is 2. The molecule has 35 heavy (non-hydrogen) atoms. The number of carbonyl (C=O) groups excluding carboxylic acids is 2. The molecule has 5 rings (SSSR count). The summed E-state index contributed by atoms with van der Waals surface area (Å²) in [6.45, 7) is 6.25. The molecule has 0 saturated heterocycles. The normalized spacial score (nSPS) is 16.9. The minimum absolute atomic E-state index is 0.00541. The third kappa shape index (κ3) is 4.95. The molecular weight excluding hydrogens is 478 g/mol. The molecule has 7 heteroatoms. The van der Waals surface area contributed by atoms with Crippen LogP contribution in [0.3, 0.4) is 0 Å². The molecule has 1 aliphatic carbocycles. The van der Waals surface area contributed by atoms with Crippen molar-refractivity contribution in [3.8, 4) is 0 Å². The molecular formula is C28H26ClN3O2S. The highest BCUT2D eigenvalue weighted by Gasteiger charge is 2.44. The molecule has 0 aliphatic heterocycles. The number of aromatic nitrogens is 1. The number of aryl methyl sites for hydroxylation is 1. The minimum Gasteiger partial charge on any atom is -0.320 e. The molecule has 2 N–H and O–H groups in total. The van der Waals surface area contributed by atoms with Crippen LogP contribution in [0.5, 0.6) is 0 Å². The summed E-state index contributed by atoms with van der Waals surface area (Å²) < 4.78 is 0.834. The van der Waals surface area contributed by atoms with E-state index in [1.165, 1.54) is 22.5 Å². The van der Waals surface area contributed by atoms with E-state index in [-0.39, 0.29) is 23.7 Å². The maximum atomic E-state index is 12.8. The van der Waals surface area contributed by atoms with Gasteiger partial charge in [-0.15, -0.1) is 0 Å². The first-order chi connectivity index (χ1) is 16.8. The summed E-state index contributed by atoms with van der Waals surface area (Å²) in [6.07, 6.45) is 0.851. The van der Waals surface area contributed by atoms with Crippen LogP contribution < -0.4 is 10.6 Å². The fourth-order valence-electron chi connectivity index (χ4n) is 4.27. The number of rotatable bonds is 6. The number of nitrogens with zero attached hydrogens (tertiary/aromatic N) is 1. The van der Waals surface area contributed by atoms with E-state index in [4.69, 9.17) is 11.6 Å². The molecule has 1 saturated carbocycles. The van der Waals surface area contributed by atoms with E-state index in [9.17, 15) is 9.59 Å². The van der Waals surface area contributed by atoms with Crippen molar-refractivity contribution in [3.63, 3.8) is 0 Å². The summed E-state index contributed by atoms with van der Waals surface area (Å²) in [4.78, 5) is 30.2. The number of para-hydroxylation sites is 1. The summed E-state index contributed by atoms with van der Waals surface area (Å²) in [5.41, 5.74) is 5.26. The quantitative estimate of drug-likeness (QED) is 0.288. The van der Waals surface area contributed by atoms with Crippen LogP contribution in [-0.4, -0.2) is 16.8 Å². The number of halogens is 1. The Kier molecular flexibility index (Phi) is 6.34. The van der Waals surface area contributed by atoms with E-state index in [0.717, 1.165) is 22.2 Å². The lowest BCUT2D eigenvalue weighted by atomic mass is 10.00. The molecule has 3 aromatic carbocycles. The predicted molar refractivity (Wildman–Crippen MR) is 144 cm³/mol. The Morgan fingerprint density at radius 1 is 1.06 bits per heavy atom. The zero-order valence-electron chi connectivity index (χ0n) is 19.8. The number of benzene rings is 3. The molecule has 1 aliphatic rings. The van der Waals surface area contributed by atoms with Gasteiger partial charge in [0.1, 0.15) is 0 Å². The van der Waals surface area contributed by atoms with Crippen LogP contribution in [0.2, 0.25) is 5.02 Å². The van der Waals surface area contributed by atoms with E-state index < -0.39 is 0 Å². The average Bonchev–Trinajstić information content (AvgIpc) is 3.54. The van der Waals surface area contributed by atoms with Gasteiger partial charge in [-0.1, -0.05) is 73.2 Å². The van der Waals surface area contributed by atoms with Gasteiger partial charge in [0.25, 0.3) is 5.91 Å². The summed E-state index contributed by atoms with van der Waals surface area (Å²) >= 11 is 7.61. The number of thiazole rings is 1. The Bertz CT molecular complexity index is 1410. The highest BCUT2D eigenvalue weighted by Crippen LogP contribution is 2.48. The summed E-state index contributed by atoms with van der Waals surface area (Å²) in [7, 11) is 0. The number of hydrogen-bond acceptors (Lipinski definition) is 4. The first-order valence-electron chi connectivity index (χ1n) is 11.7. The highest BCUT2D eigenvalue weighted by atomic mass is 35.5. The minimum atomic E-state index is -0.244. The highest BCUT2D eigenvalue weighted by molar-refractivity contribution is 7.22. The Hall–Kier alpha value is -3.22. The molecule has 2 unspecified atom stereocenters. The molecule has 1 aromatic heterocycles. The van der Waals surface area contributed by atoms with Crippen molar-refractivity contribution in [1.29, 1.82) is 0 Å². The number of fused-ring (bicyclic) bond motifs is 1. The molecule has 2 amide bonds. The first kappa shape index (κ1) is 23.5. The van der Waals surface area contributed by atoms with Crippen molar-refractivity contribution in [1.82, 2.24) is 4.98 Å². The van der Waals surface area contributed by atoms with E-state index in [1.807, 2.05) is 19.1 Å². The number of hydrogen-bond donors (Lipinski definition) is 2. The lowest BCUT2D eigenvalue weighted by molar-refractivity contribution is -0.117. The van der Waals surface area contributed by atoms with E-state index >= 15 is 0 Å². The van der Waals surface area contributed by atoms with Crippen molar-refractivity contribution >= 4 is 55.8 Å². The van der Waals surface area contributed by atoms with Gasteiger partial charge in [0.2, 0.25) is 5.91 Å². The largest absolute Gasteiger partial charge is 0.320 e. The second-order valence-electron chi connectivity index (χ2n) is 9.35. The van der Waals surface area contributed by atoms with Crippen molar-refractivity contribution in [2.45, 2.75) is 39.0 Å². The van der Waals surface area contributed by atoms with E-state index in [2.05, 4.69) is 53.7 Å². The smallest absolute Gasteiger partial charge is 0.255 e. The van der Waals surface area contributed by atoms with E-state index in [1.54, 1.807) is 24.3 Å². The number of amides is 2. The molecule has 0 bridgehead atoms. The first-order valence-corrected chi connectivity index (χ1v) is 12.9. The Labute approximate surface area is 213 Å². The van der Waals surface area contributed by atoms with Gasteiger partial charge in [-0.2, -0.15) is 0 Å². The van der Waals surface area contributed by atoms with Crippen LogP contribution in [0.4, 0.5) is 10.8 Å². The predicted octanol–water partition coefficient (Wildman–Crippen LogP) is 7.38. The maximum absolute atomic E-state index is 12.8. The third-order valence-electron chi connectivity index (χ3n) is 6.50. The van der Waals surface area contributed by atoms with Gasteiger partial charge in [0.15, 0.2) is 5.13 Å². The second-order valence-corrected chi connectivity index (χ2v) is 10.8.